The highest BCUT2D eigenvalue weighted by Crippen LogP contribution is 2.35. The monoisotopic (exact) mass is 331 g/mol. The van der Waals surface area contributed by atoms with E-state index >= 15 is 0 Å². The Morgan fingerprint density at radius 1 is 1.38 bits per heavy atom. The molecule has 128 valence electrons. The highest BCUT2D eigenvalue weighted by atomic mass is 16.3. The van der Waals surface area contributed by atoms with E-state index < -0.39 is 11.5 Å². The third-order valence-electron chi connectivity index (χ3n) is 4.99. The molecule has 7 nitrogen and oxygen atoms in total. The van der Waals surface area contributed by atoms with Gasteiger partial charge in [-0.1, -0.05) is 6.92 Å². The fourth-order valence-corrected chi connectivity index (χ4v) is 3.37. The molecule has 1 saturated heterocycles. The molecule has 1 aromatic carbocycles. The highest BCUT2D eigenvalue weighted by Gasteiger charge is 2.39. The average Bonchev–Trinajstić information content (AvgIpc) is 2.88. The quantitative estimate of drug-likeness (QED) is 0.752. The molecule has 0 aliphatic carbocycles. The zero-order chi connectivity index (χ0) is 17.5. The van der Waals surface area contributed by atoms with Gasteiger partial charge in [0.2, 0.25) is 11.8 Å². The van der Waals surface area contributed by atoms with E-state index in [1.807, 2.05) is 6.92 Å². The van der Waals surface area contributed by atoms with Crippen molar-refractivity contribution in [1.82, 2.24) is 4.90 Å². The molecule has 2 aliphatic heterocycles. The first-order chi connectivity index (χ1) is 11.4. The summed E-state index contributed by atoms with van der Waals surface area (Å²) in [5.74, 6) is -1.18. The molecule has 1 atom stereocenters. The van der Waals surface area contributed by atoms with Gasteiger partial charge in [-0.25, -0.2) is 0 Å². The number of benzene rings is 1. The molecule has 0 spiro atoms. The van der Waals surface area contributed by atoms with Crippen LogP contribution in [0.2, 0.25) is 0 Å². The van der Waals surface area contributed by atoms with Crippen molar-refractivity contribution in [3.05, 3.63) is 29.3 Å². The van der Waals surface area contributed by atoms with Gasteiger partial charge in [0, 0.05) is 37.2 Å². The maximum Gasteiger partial charge on any atom is 0.253 e. The summed E-state index contributed by atoms with van der Waals surface area (Å²) in [5, 5.41) is 12.9. The Morgan fingerprint density at radius 2 is 2.04 bits per heavy atom. The zero-order valence-electron chi connectivity index (χ0n) is 13.5. The predicted molar refractivity (Wildman–Crippen MR) is 87.4 cm³/mol. The number of piperidine rings is 1. The van der Waals surface area contributed by atoms with Crippen LogP contribution in [0.5, 0.6) is 0 Å². The molecule has 7 heteroatoms. The number of hydrogen-bond donors (Lipinski definition) is 3. The van der Waals surface area contributed by atoms with Crippen molar-refractivity contribution in [2.45, 2.75) is 37.7 Å². The van der Waals surface area contributed by atoms with Crippen LogP contribution in [0, 0.1) is 0 Å². The summed E-state index contributed by atoms with van der Waals surface area (Å²) in [7, 11) is 0. The van der Waals surface area contributed by atoms with Gasteiger partial charge in [-0.3, -0.25) is 14.4 Å². The number of fused-ring (bicyclic) bond motifs is 1. The third kappa shape index (κ3) is 2.65. The van der Waals surface area contributed by atoms with Crippen molar-refractivity contribution in [2.24, 2.45) is 5.73 Å². The Balaban J connectivity index is 1.77. The predicted octanol–water partition coefficient (Wildman–Crippen LogP) is 0.585. The number of nitrogens with one attached hydrogen (secondary N) is 1. The Hall–Kier alpha value is -2.41. The lowest BCUT2D eigenvalue weighted by atomic mass is 9.90. The summed E-state index contributed by atoms with van der Waals surface area (Å²) in [4.78, 5) is 37.5. The second-order valence-corrected chi connectivity index (χ2v) is 6.44. The highest BCUT2D eigenvalue weighted by molar-refractivity contribution is 6.04. The van der Waals surface area contributed by atoms with Crippen molar-refractivity contribution in [1.29, 1.82) is 0 Å². The molecule has 24 heavy (non-hydrogen) atoms. The second kappa shape index (κ2) is 5.90. The topological polar surface area (TPSA) is 113 Å². The number of amides is 3. The number of primary amides is 1. The summed E-state index contributed by atoms with van der Waals surface area (Å²) in [6.45, 7) is 2.47. The van der Waals surface area contributed by atoms with Gasteiger partial charge < -0.3 is 21.1 Å². The zero-order valence-corrected chi connectivity index (χ0v) is 13.5. The second-order valence-electron chi connectivity index (χ2n) is 6.44. The minimum atomic E-state index is -1.53. The molecular weight excluding hydrogens is 310 g/mol. The SMILES string of the molecule is CCC1C(=O)Nc2ccc(C(=O)N3CCC(O)(C(N)=O)CC3)cc21. The summed E-state index contributed by atoms with van der Waals surface area (Å²) < 4.78 is 0. The molecule has 3 amide bonds. The van der Waals surface area contributed by atoms with Crippen LogP contribution in [-0.2, 0) is 9.59 Å². The number of nitrogens with zero attached hydrogens (tertiary/aromatic N) is 1. The smallest absolute Gasteiger partial charge is 0.253 e. The van der Waals surface area contributed by atoms with Crippen molar-refractivity contribution in [3.8, 4) is 0 Å². The number of anilines is 1. The molecule has 0 saturated carbocycles. The van der Waals surface area contributed by atoms with Crippen LogP contribution < -0.4 is 11.1 Å². The van der Waals surface area contributed by atoms with Crippen LogP contribution in [0.25, 0.3) is 0 Å². The van der Waals surface area contributed by atoms with Crippen LogP contribution in [0.4, 0.5) is 5.69 Å². The number of carbonyl (C=O) groups excluding carboxylic acids is 3. The molecule has 0 bridgehead atoms. The Morgan fingerprint density at radius 3 is 2.62 bits per heavy atom. The van der Waals surface area contributed by atoms with Crippen molar-refractivity contribution < 1.29 is 19.5 Å². The van der Waals surface area contributed by atoms with E-state index in [9.17, 15) is 19.5 Å². The summed E-state index contributed by atoms with van der Waals surface area (Å²) in [6, 6.07) is 5.20. The molecule has 0 radical (unpaired) electrons. The van der Waals surface area contributed by atoms with Gasteiger partial charge in [0.25, 0.3) is 5.91 Å². The summed E-state index contributed by atoms with van der Waals surface area (Å²) >= 11 is 0. The van der Waals surface area contributed by atoms with Crippen LogP contribution in [-0.4, -0.2) is 46.4 Å². The van der Waals surface area contributed by atoms with E-state index in [0.717, 1.165) is 11.3 Å². The van der Waals surface area contributed by atoms with Crippen LogP contribution >= 0.6 is 0 Å². The van der Waals surface area contributed by atoms with Crippen LogP contribution in [0.1, 0.15) is 48.0 Å². The first-order valence-electron chi connectivity index (χ1n) is 8.12. The largest absolute Gasteiger partial charge is 0.380 e. The van der Waals surface area contributed by atoms with E-state index in [1.165, 1.54) is 0 Å². The maximum absolute atomic E-state index is 12.7. The number of rotatable bonds is 3. The van der Waals surface area contributed by atoms with E-state index in [1.54, 1.807) is 23.1 Å². The van der Waals surface area contributed by atoms with Gasteiger partial charge in [-0.15, -0.1) is 0 Å². The first-order valence-corrected chi connectivity index (χ1v) is 8.12. The van der Waals surface area contributed by atoms with Gasteiger partial charge in [0.05, 0.1) is 5.92 Å². The number of likely N-dealkylation sites (tertiary alicyclic amines) is 1. The lowest BCUT2D eigenvalue weighted by Crippen LogP contribution is -2.53. The van der Waals surface area contributed by atoms with Crippen molar-refractivity contribution in [2.75, 3.05) is 18.4 Å². The van der Waals surface area contributed by atoms with E-state index in [4.69, 9.17) is 5.73 Å². The average molecular weight is 331 g/mol. The molecule has 3 rings (SSSR count). The molecule has 1 aromatic rings. The first kappa shape index (κ1) is 16.4. The fraction of sp³-hybridized carbons (Fsp3) is 0.471. The molecule has 1 unspecified atom stereocenters. The van der Waals surface area contributed by atoms with E-state index in [0.29, 0.717) is 12.0 Å². The summed E-state index contributed by atoms with van der Waals surface area (Å²) in [6.07, 6.45) is 0.944. The lowest BCUT2D eigenvalue weighted by molar-refractivity contribution is -0.140. The summed E-state index contributed by atoms with van der Waals surface area (Å²) in [5.41, 5.74) is 5.79. The molecule has 2 heterocycles. The number of hydrogen-bond acceptors (Lipinski definition) is 4. The number of nitrogens with two attached hydrogens (primary N) is 1. The lowest BCUT2D eigenvalue weighted by Gasteiger charge is -2.36. The normalized spacial score (nSPS) is 22.0. The van der Waals surface area contributed by atoms with Gasteiger partial charge in [0.15, 0.2) is 0 Å². The number of aliphatic hydroxyl groups is 1. The van der Waals surface area contributed by atoms with E-state index in [-0.39, 0.29) is 43.7 Å². The third-order valence-corrected chi connectivity index (χ3v) is 4.99. The van der Waals surface area contributed by atoms with Crippen molar-refractivity contribution >= 4 is 23.4 Å². The van der Waals surface area contributed by atoms with Crippen LogP contribution in [0.3, 0.4) is 0 Å². The minimum Gasteiger partial charge on any atom is -0.380 e. The number of carbonyl (C=O) groups is 3. The minimum absolute atomic E-state index is 0.0402. The van der Waals surface area contributed by atoms with Crippen molar-refractivity contribution in [3.63, 3.8) is 0 Å². The van der Waals surface area contributed by atoms with Gasteiger partial charge >= 0.3 is 0 Å². The molecule has 1 fully saturated rings. The van der Waals surface area contributed by atoms with Gasteiger partial charge in [-0.05, 0) is 30.2 Å². The van der Waals surface area contributed by atoms with E-state index in [2.05, 4.69) is 5.32 Å². The Kier molecular flexibility index (Phi) is 4.04. The Labute approximate surface area is 139 Å². The standard InChI is InChI=1S/C17H21N3O4/c1-2-11-12-9-10(3-4-13(12)19-14(11)21)15(22)20-7-5-17(24,6-8-20)16(18)23/h3-4,9,11,24H,2,5-8H2,1H3,(H2,18,23)(H,19,21). The Bertz CT molecular complexity index is 708. The fourth-order valence-electron chi connectivity index (χ4n) is 3.37. The molecule has 2 aliphatic rings. The maximum atomic E-state index is 12.7. The van der Waals surface area contributed by atoms with Crippen LogP contribution in [0.15, 0.2) is 18.2 Å². The molecular formula is C17H21N3O4. The van der Waals surface area contributed by atoms with Gasteiger partial charge in [-0.2, -0.15) is 0 Å². The van der Waals surface area contributed by atoms with Gasteiger partial charge in [0.1, 0.15) is 5.60 Å². The molecule has 4 N–H and O–H groups in total. The molecule has 0 aromatic heterocycles.